The molecule has 8 heteroatoms. The summed E-state index contributed by atoms with van der Waals surface area (Å²) in [4.78, 5) is 24.1. The normalized spacial score (nSPS) is 20.4. The fourth-order valence-corrected chi connectivity index (χ4v) is 4.92. The van der Waals surface area contributed by atoms with Crippen LogP contribution < -0.4 is 15.5 Å². The van der Waals surface area contributed by atoms with E-state index < -0.39 is 5.82 Å². The molecule has 2 N–H and O–H groups in total. The molecule has 2 aliphatic carbocycles. The van der Waals surface area contributed by atoms with Gasteiger partial charge in [-0.25, -0.2) is 9.37 Å². The third kappa shape index (κ3) is 5.49. The molecule has 0 atom stereocenters. The van der Waals surface area contributed by atoms with Crippen LogP contribution in [0.2, 0.25) is 5.02 Å². The molecule has 6 nitrogen and oxygen atoms in total. The van der Waals surface area contributed by atoms with Gasteiger partial charge in [0.05, 0.1) is 12.1 Å². The van der Waals surface area contributed by atoms with E-state index in [4.69, 9.17) is 21.6 Å². The summed E-state index contributed by atoms with van der Waals surface area (Å²) in [6, 6.07) is 4.58. The fraction of sp³-hybridized carbons (Fsp3) is 0.542. The first-order valence-electron chi connectivity index (χ1n) is 11.5. The molecule has 0 spiro atoms. The average Bonchev–Trinajstić information content (AvgIpc) is 2.76. The monoisotopic (exact) mass is 459 g/mol. The predicted octanol–water partition coefficient (Wildman–Crippen LogP) is 4.30. The molecule has 1 fully saturated rings. The summed E-state index contributed by atoms with van der Waals surface area (Å²) in [5.41, 5.74) is 3.11. The van der Waals surface area contributed by atoms with E-state index >= 15 is 0 Å². The molecular formula is C24H31ClFN5O. The van der Waals surface area contributed by atoms with E-state index in [0.29, 0.717) is 17.6 Å². The van der Waals surface area contributed by atoms with Crippen LogP contribution in [0.5, 0.6) is 0 Å². The molecule has 0 aliphatic heterocycles. The van der Waals surface area contributed by atoms with E-state index in [1.165, 1.54) is 36.2 Å². The minimum Gasteiger partial charge on any atom is -0.362 e. The average molecular weight is 460 g/mol. The number of rotatable bonds is 6. The first-order chi connectivity index (χ1) is 15.4. The highest BCUT2D eigenvalue weighted by atomic mass is 35.5. The first-order valence-corrected chi connectivity index (χ1v) is 11.8. The molecule has 1 saturated carbocycles. The number of carbonyl (C=O) groups is 1. The van der Waals surface area contributed by atoms with Crippen molar-refractivity contribution in [3.05, 3.63) is 45.9 Å². The molecule has 2 aromatic rings. The Kier molecular flexibility index (Phi) is 7.13. The van der Waals surface area contributed by atoms with Gasteiger partial charge in [0.25, 0.3) is 0 Å². The molecule has 0 unspecified atom stereocenters. The smallest absolute Gasteiger partial charge is 0.225 e. The van der Waals surface area contributed by atoms with Crippen molar-refractivity contribution in [3.63, 3.8) is 0 Å². The highest BCUT2D eigenvalue weighted by Gasteiger charge is 2.25. The molecule has 0 bridgehead atoms. The van der Waals surface area contributed by atoms with Gasteiger partial charge in [-0.05, 0) is 69.1 Å². The number of benzene rings is 1. The Balaban J connectivity index is 1.30. The maximum absolute atomic E-state index is 13.2. The lowest BCUT2D eigenvalue weighted by atomic mass is 9.91. The van der Waals surface area contributed by atoms with Crippen LogP contribution >= 0.6 is 11.6 Å². The van der Waals surface area contributed by atoms with E-state index in [1.807, 2.05) is 14.1 Å². The number of aromatic nitrogens is 2. The minimum atomic E-state index is -0.398. The highest BCUT2D eigenvalue weighted by molar-refractivity contribution is 6.31. The molecule has 1 aromatic heterocycles. The van der Waals surface area contributed by atoms with Gasteiger partial charge >= 0.3 is 0 Å². The second-order valence-electron chi connectivity index (χ2n) is 9.07. The van der Waals surface area contributed by atoms with Crippen LogP contribution in [0.1, 0.15) is 55.3 Å². The summed E-state index contributed by atoms with van der Waals surface area (Å²) in [6.45, 7) is 0. The van der Waals surface area contributed by atoms with Crippen molar-refractivity contribution in [1.82, 2.24) is 15.3 Å². The van der Waals surface area contributed by atoms with Gasteiger partial charge in [0.15, 0.2) is 0 Å². The van der Waals surface area contributed by atoms with Gasteiger partial charge in [0.2, 0.25) is 11.9 Å². The summed E-state index contributed by atoms with van der Waals surface area (Å²) in [6.07, 6.45) is 8.30. The highest BCUT2D eigenvalue weighted by Crippen LogP contribution is 2.29. The van der Waals surface area contributed by atoms with Crippen LogP contribution in [-0.4, -0.2) is 42.1 Å². The topological polar surface area (TPSA) is 70.2 Å². The zero-order valence-corrected chi connectivity index (χ0v) is 19.5. The first kappa shape index (κ1) is 22.8. The Morgan fingerprint density at radius 2 is 1.84 bits per heavy atom. The number of aryl methyl sites for hydroxylation is 1. The lowest BCUT2D eigenvalue weighted by Gasteiger charge is -2.30. The molecule has 2 aliphatic rings. The molecular weight excluding hydrogens is 429 g/mol. The van der Waals surface area contributed by atoms with Crippen LogP contribution in [0.4, 0.5) is 16.2 Å². The second-order valence-corrected chi connectivity index (χ2v) is 9.48. The van der Waals surface area contributed by atoms with Crippen molar-refractivity contribution in [2.75, 3.05) is 24.3 Å². The van der Waals surface area contributed by atoms with Crippen molar-refractivity contribution in [2.24, 2.45) is 0 Å². The van der Waals surface area contributed by atoms with Gasteiger partial charge in [-0.2, -0.15) is 4.98 Å². The molecule has 172 valence electrons. The lowest BCUT2D eigenvalue weighted by Crippen LogP contribution is -2.41. The second kappa shape index (κ2) is 10.0. The van der Waals surface area contributed by atoms with Gasteiger partial charge in [-0.3, -0.25) is 4.79 Å². The van der Waals surface area contributed by atoms with Crippen LogP contribution in [-0.2, 0) is 24.1 Å². The summed E-state index contributed by atoms with van der Waals surface area (Å²) in [5, 5.41) is 6.93. The Hall–Kier alpha value is -2.41. The maximum Gasteiger partial charge on any atom is 0.225 e. The quantitative estimate of drug-likeness (QED) is 0.674. The Morgan fingerprint density at radius 1 is 1.12 bits per heavy atom. The summed E-state index contributed by atoms with van der Waals surface area (Å²) in [7, 11) is 4.07. The molecule has 1 amide bonds. The summed E-state index contributed by atoms with van der Waals surface area (Å²) >= 11 is 6.04. The number of anilines is 2. The molecule has 0 saturated heterocycles. The molecule has 4 rings (SSSR count). The number of amides is 1. The van der Waals surface area contributed by atoms with Gasteiger partial charge in [0.1, 0.15) is 11.6 Å². The maximum atomic E-state index is 13.2. The number of halogens is 2. The zero-order chi connectivity index (χ0) is 22.7. The summed E-state index contributed by atoms with van der Waals surface area (Å²) < 4.78 is 13.2. The third-order valence-corrected chi connectivity index (χ3v) is 6.73. The molecule has 1 heterocycles. The lowest BCUT2D eigenvalue weighted by molar-refractivity contribution is -0.121. The van der Waals surface area contributed by atoms with Crippen molar-refractivity contribution in [2.45, 2.75) is 69.9 Å². The number of hydrogen-bond donors (Lipinski definition) is 2. The number of carbonyl (C=O) groups excluding carboxylic acids is 1. The molecule has 32 heavy (non-hydrogen) atoms. The van der Waals surface area contributed by atoms with Crippen molar-refractivity contribution >= 4 is 29.3 Å². The van der Waals surface area contributed by atoms with Gasteiger partial charge in [0, 0.05) is 36.8 Å². The predicted molar refractivity (Wildman–Crippen MR) is 126 cm³/mol. The SMILES string of the molecule is CN(C)c1nc(N[C@H]2CC[C@@H](NC(=O)Cc3ccc(F)cc3Cl)CC2)nc2c1CCCC2. The minimum absolute atomic E-state index is 0.0800. The number of nitrogens with one attached hydrogen (secondary N) is 2. The Bertz CT molecular complexity index is 975. The molecule has 1 aromatic carbocycles. The number of nitrogens with zero attached hydrogens (tertiary/aromatic N) is 3. The summed E-state index contributed by atoms with van der Waals surface area (Å²) in [5.74, 6) is 1.26. The van der Waals surface area contributed by atoms with E-state index in [0.717, 1.165) is 44.3 Å². The Morgan fingerprint density at radius 3 is 2.56 bits per heavy atom. The number of hydrogen-bond acceptors (Lipinski definition) is 5. The largest absolute Gasteiger partial charge is 0.362 e. The zero-order valence-electron chi connectivity index (χ0n) is 18.8. The van der Waals surface area contributed by atoms with E-state index in [-0.39, 0.29) is 23.4 Å². The van der Waals surface area contributed by atoms with Crippen molar-refractivity contribution in [3.8, 4) is 0 Å². The van der Waals surface area contributed by atoms with Gasteiger partial charge in [-0.15, -0.1) is 0 Å². The van der Waals surface area contributed by atoms with Crippen molar-refractivity contribution in [1.29, 1.82) is 0 Å². The van der Waals surface area contributed by atoms with Crippen LogP contribution in [0.3, 0.4) is 0 Å². The van der Waals surface area contributed by atoms with Crippen molar-refractivity contribution < 1.29 is 9.18 Å². The standard InChI is InChI=1S/C24H31ClFN5O/c1-31(2)23-19-5-3-4-6-21(19)29-24(30-23)28-18-11-9-17(10-12-18)27-22(32)13-15-7-8-16(26)14-20(15)25/h7-8,14,17-18H,3-6,9-13H2,1-2H3,(H,27,32)(H,28,29,30)/t17-,18+. The third-order valence-electron chi connectivity index (χ3n) is 6.38. The number of fused-ring (bicyclic) bond motifs is 1. The van der Waals surface area contributed by atoms with Crippen LogP contribution in [0.15, 0.2) is 18.2 Å². The fourth-order valence-electron chi connectivity index (χ4n) is 4.69. The van der Waals surface area contributed by atoms with E-state index in [9.17, 15) is 9.18 Å². The molecule has 0 radical (unpaired) electrons. The van der Waals surface area contributed by atoms with E-state index in [2.05, 4.69) is 15.5 Å². The van der Waals surface area contributed by atoms with Crippen LogP contribution in [0, 0.1) is 5.82 Å². The van der Waals surface area contributed by atoms with Gasteiger partial charge < -0.3 is 15.5 Å². The van der Waals surface area contributed by atoms with E-state index in [1.54, 1.807) is 6.07 Å². The van der Waals surface area contributed by atoms with Crippen LogP contribution in [0.25, 0.3) is 0 Å². The van der Waals surface area contributed by atoms with Gasteiger partial charge in [-0.1, -0.05) is 17.7 Å². The Labute approximate surface area is 194 Å².